The zero-order chi connectivity index (χ0) is 9.97. The van der Waals surface area contributed by atoms with Crippen LogP contribution in [-0.4, -0.2) is 25.8 Å². The molecule has 3 heteroatoms. The quantitative estimate of drug-likeness (QED) is 0.683. The topological polar surface area (TPSA) is 15.8 Å². The van der Waals surface area contributed by atoms with E-state index in [0.717, 1.165) is 19.7 Å². The standard InChI is InChI=1S/C11H14FNO/c1-2-13(7-9-8-14-9)11-6-4-3-5-10(11)12/h3-6,9H,2,7-8H2,1H3. The van der Waals surface area contributed by atoms with Crippen molar-refractivity contribution in [1.29, 1.82) is 0 Å². The van der Waals surface area contributed by atoms with Crippen LogP contribution in [0.5, 0.6) is 0 Å². The minimum atomic E-state index is -0.157. The summed E-state index contributed by atoms with van der Waals surface area (Å²) in [7, 11) is 0. The van der Waals surface area contributed by atoms with Gasteiger partial charge in [0.2, 0.25) is 0 Å². The van der Waals surface area contributed by atoms with Crippen LogP contribution in [0.3, 0.4) is 0 Å². The van der Waals surface area contributed by atoms with E-state index in [0.29, 0.717) is 11.8 Å². The number of para-hydroxylation sites is 1. The summed E-state index contributed by atoms with van der Waals surface area (Å²) in [6.07, 6.45) is 0.301. The molecule has 0 saturated carbocycles. The van der Waals surface area contributed by atoms with E-state index in [2.05, 4.69) is 0 Å². The molecule has 1 aliphatic rings. The lowest BCUT2D eigenvalue weighted by Gasteiger charge is -2.22. The molecule has 0 aromatic heterocycles. The molecule has 1 aromatic rings. The van der Waals surface area contributed by atoms with Crippen molar-refractivity contribution in [3.8, 4) is 0 Å². The molecule has 1 saturated heterocycles. The number of nitrogens with zero attached hydrogens (tertiary/aromatic N) is 1. The Morgan fingerprint density at radius 1 is 1.50 bits per heavy atom. The number of ether oxygens (including phenoxy) is 1. The van der Waals surface area contributed by atoms with Crippen LogP contribution in [0.15, 0.2) is 24.3 Å². The van der Waals surface area contributed by atoms with Crippen LogP contribution in [0.25, 0.3) is 0 Å². The number of likely N-dealkylation sites (N-methyl/N-ethyl adjacent to an activating group) is 1. The maximum atomic E-state index is 13.4. The van der Waals surface area contributed by atoms with Crippen molar-refractivity contribution in [2.75, 3.05) is 24.6 Å². The molecule has 0 N–H and O–H groups in total. The number of benzene rings is 1. The molecule has 0 aliphatic carbocycles. The minimum Gasteiger partial charge on any atom is -0.371 e. The van der Waals surface area contributed by atoms with Gasteiger partial charge in [-0.25, -0.2) is 4.39 Å². The second-order valence-corrected chi connectivity index (χ2v) is 3.45. The van der Waals surface area contributed by atoms with Gasteiger partial charge in [-0.2, -0.15) is 0 Å². The molecule has 0 spiro atoms. The lowest BCUT2D eigenvalue weighted by Crippen LogP contribution is -2.28. The van der Waals surface area contributed by atoms with Crippen LogP contribution in [0.2, 0.25) is 0 Å². The Morgan fingerprint density at radius 3 is 2.79 bits per heavy atom. The molecule has 2 nitrogen and oxygen atoms in total. The van der Waals surface area contributed by atoms with Gasteiger partial charge in [-0.05, 0) is 19.1 Å². The van der Waals surface area contributed by atoms with Crippen LogP contribution in [0.4, 0.5) is 10.1 Å². The Kier molecular flexibility index (Phi) is 2.68. The van der Waals surface area contributed by atoms with E-state index in [1.54, 1.807) is 12.1 Å². The lowest BCUT2D eigenvalue weighted by molar-refractivity contribution is 0.407. The van der Waals surface area contributed by atoms with Crippen molar-refractivity contribution < 1.29 is 9.13 Å². The first-order valence-electron chi connectivity index (χ1n) is 4.92. The molecule has 76 valence electrons. The number of halogens is 1. The number of hydrogen-bond donors (Lipinski definition) is 0. The molecule has 0 radical (unpaired) electrons. The van der Waals surface area contributed by atoms with Gasteiger partial charge in [0.05, 0.1) is 18.4 Å². The molecule has 14 heavy (non-hydrogen) atoms. The molecule has 1 aliphatic heterocycles. The van der Waals surface area contributed by atoms with Gasteiger partial charge < -0.3 is 9.64 Å². The summed E-state index contributed by atoms with van der Waals surface area (Å²) in [5.41, 5.74) is 0.672. The number of epoxide rings is 1. The van der Waals surface area contributed by atoms with Crippen LogP contribution in [0.1, 0.15) is 6.92 Å². The molecule has 1 atom stereocenters. The summed E-state index contributed by atoms with van der Waals surface area (Å²) >= 11 is 0. The van der Waals surface area contributed by atoms with Gasteiger partial charge in [-0.1, -0.05) is 12.1 Å². The molecular formula is C11H14FNO. The maximum absolute atomic E-state index is 13.4. The smallest absolute Gasteiger partial charge is 0.146 e. The highest BCUT2D eigenvalue weighted by Gasteiger charge is 2.25. The third-order valence-electron chi connectivity index (χ3n) is 2.40. The first-order valence-corrected chi connectivity index (χ1v) is 4.92. The van der Waals surface area contributed by atoms with Gasteiger partial charge in [0, 0.05) is 13.1 Å². The third-order valence-corrected chi connectivity index (χ3v) is 2.40. The second-order valence-electron chi connectivity index (χ2n) is 3.45. The van der Waals surface area contributed by atoms with Crippen molar-refractivity contribution in [3.05, 3.63) is 30.1 Å². The Balaban J connectivity index is 2.12. The molecule has 1 aromatic carbocycles. The van der Waals surface area contributed by atoms with Crippen molar-refractivity contribution >= 4 is 5.69 Å². The fraction of sp³-hybridized carbons (Fsp3) is 0.455. The van der Waals surface area contributed by atoms with E-state index in [4.69, 9.17) is 4.74 Å². The molecule has 1 fully saturated rings. The Labute approximate surface area is 83.3 Å². The van der Waals surface area contributed by atoms with Gasteiger partial charge in [0.1, 0.15) is 5.82 Å². The van der Waals surface area contributed by atoms with E-state index in [1.165, 1.54) is 6.07 Å². The summed E-state index contributed by atoms with van der Waals surface area (Å²) in [5.74, 6) is -0.157. The Hall–Kier alpha value is -1.09. The molecule has 1 heterocycles. The van der Waals surface area contributed by atoms with Gasteiger partial charge in [-0.15, -0.1) is 0 Å². The van der Waals surface area contributed by atoms with E-state index in [-0.39, 0.29) is 5.82 Å². The van der Waals surface area contributed by atoms with Gasteiger partial charge in [0.25, 0.3) is 0 Å². The number of hydrogen-bond acceptors (Lipinski definition) is 2. The van der Waals surface area contributed by atoms with Crippen LogP contribution in [-0.2, 0) is 4.74 Å². The Bertz CT molecular complexity index is 312. The van der Waals surface area contributed by atoms with Gasteiger partial charge in [0.15, 0.2) is 0 Å². The van der Waals surface area contributed by atoms with Crippen molar-refractivity contribution in [2.45, 2.75) is 13.0 Å². The minimum absolute atomic E-state index is 0.157. The van der Waals surface area contributed by atoms with Crippen LogP contribution in [0, 0.1) is 5.82 Å². The molecule has 0 bridgehead atoms. The lowest BCUT2D eigenvalue weighted by atomic mass is 10.2. The van der Waals surface area contributed by atoms with Crippen molar-refractivity contribution in [2.24, 2.45) is 0 Å². The average Bonchev–Trinajstić information content (AvgIpc) is 2.99. The van der Waals surface area contributed by atoms with E-state index >= 15 is 0 Å². The predicted molar refractivity (Wildman–Crippen MR) is 54.0 cm³/mol. The summed E-state index contributed by atoms with van der Waals surface area (Å²) in [4.78, 5) is 2.01. The monoisotopic (exact) mass is 195 g/mol. The molecular weight excluding hydrogens is 181 g/mol. The summed E-state index contributed by atoms with van der Waals surface area (Å²) in [5, 5.41) is 0. The fourth-order valence-electron chi connectivity index (χ4n) is 1.53. The van der Waals surface area contributed by atoms with Crippen LogP contribution < -0.4 is 4.90 Å². The van der Waals surface area contributed by atoms with E-state index in [9.17, 15) is 4.39 Å². The highest BCUT2D eigenvalue weighted by molar-refractivity contribution is 5.47. The third kappa shape index (κ3) is 2.04. The SMILES string of the molecule is CCN(CC1CO1)c1ccccc1F. The summed E-state index contributed by atoms with van der Waals surface area (Å²) < 4.78 is 18.6. The fourth-order valence-corrected chi connectivity index (χ4v) is 1.53. The first kappa shape index (κ1) is 9.46. The average molecular weight is 195 g/mol. The highest BCUT2D eigenvalue weighted by Crippen LogP contribution is 2.21. The molecule has 2 rings (SSSR count). The van der Waals surface area contributed by atoms with Gasteiger partial charge >= 0.3 is 0 Å². The first-order chi connectivity index (χ1) is 6.81. The Morgan fingerprint density at radius 2 is 2.21 bits per heavy atom. The zero-order valence-electron chi connectivity index (χ0n) is 8.24. The predicted octanol–water partition coefficient (Wildman–Crippen LogP) is 2.05. The second kappa shape index (κ2) is 3.96. The zero-order valence-corrected chi connectivity index (χ0v) is 8.24. The highest BCUT2D eigenvalue weighted by atomic mass is 19.1. The summed E-state index contributed by atoms with van der Waals surface area (Å²) in [6.45, 7) is 4.43. The van der Waals surface area contributed by atoms with E-state index < -0.39 is 0 Å². The van der Waals surface area contributed by atoms with Crippen LogP contribution >= 0.6 is 0 Å². The molecule has 0 amide bonds. The maximum Gasteiger partial charge on any atom is 0.146 e. The normalized spacial score (nSPS) is 19.4. The largest absolute Gasteiger partial charge is 0.371 e. The number of rotatable bonds is 4. The van der Waals surface area contributed by atoms with Crippen molar-refractivity contribution in [1.82, 2.24) is 0 Å². The summed E-state index contributed by atoms with van der Waals surface area (Å²) in [6, 6.07) is 6.86. The molecule has 1 unspecified atom stereocenters. The van der Waals surface area contributed by atoms with Gasteiger partial charge in [-0.3, -0.25) is 0 Å². The van der Waals surface area contributed by atoms with Crippen molar-refractivity contribution in [3.63, 3.8) is 0 Å². The van der Waals surface area contributed by atoms with E-state index in [1.807, 2.05) is 17.9 Å². The number of anilines is 1.